The van der Waals surface area contributed by atoms with Crippen LogP contribution in [-0.2, 0) is 17.9 Å². The number of hydrazine groups is 1. The molecule has 1 aliphatic heterocycles. The van der Waals surface area contributed by atoms with Crippen LogP contribution in [0.15, 0.2) is 36.4 Å². The molecule has 0 spiro atoms. The van der Waals surface area contributed by atoms with Crippen LogP contribution in [0.5, 0.6) is 5.75 Å². The molecule has 6 N–H and O–H groups in total. The Balaban J connectivity index is 1.35. The molecule has 0 atom stereocenters. The van der Waals surface area contributed by atoms with Crippen molar-refractivity contribution in [3.05, 3.63) is 53.5 Å². The highest BCUT2D eigenvalue weighted by molar-refractivity contribution is 5.91. The van der Waals surface area contributed by atoms with Crippen molar-refractivity contribution in [2.24, 2.45) is 11.6 Å². The maximum absolute atomic E-state index is 13.9. The second kappa shape index (κ2) is 14.2. The van der Waals surface area contributed by atoms with E-state index < -0.39 is 42.2 Å². The standard InChI is InChI=1S/C24H31F6N9O3/c25-18-4-3-17(42-24(28,29)30)11-16(18)12-33-22(41)19-13-39(36-35-19)8-2-1-7-38(32)14-20(31)34-21(40)15-37-9-5-23(26,27)6-10-37/h3-4,11,13-14H,1-2,5-10,12,15,31-32H2,(H,33,41)(H,34,40)/b20-14+. The quantitative estimate of drug-likeness (QED) is 0.115. The average molecular weight is 608 g/mol. The fourth-order valence-corrected chi connectivity index (χ4v) is 3.95. The van der Waals surface area contributed by atoms with Gasteiger partial charge in [0.05, 0.1) is 18.9 Å². The third-order valence-corrected chi connectivity index (χ3v) is 6.06. The third-order valence-electron chi connectivity index (χ3n) is 6.06. The van der Waals surface area contributed by atoms with Crippen molar-refractivity contribution < 1.29 is 40.7 Å². The summed E-state index contributed by atoms with van der Waals surface area (Å²) in [5.74, 6) is 0.570. The first-order valence-electron chi connectivity index (χ1n) is 12.8. The lowest BCUT2D eigenvalue weighted by molar-refractivity contribution is -0.274. The van der Waals surface area contributed by atoms with Crippen LogP contribution in [0.2, 0.25) is 0 Å². The van der Waals surface area contributed by atoms with Crippen molar-refractivity contribution in [2.75, 3.05) is 26.2 Å². The zero-order chi connectivity index (χ0) is 30.9. The Labute approximate surface area is 236 Å². The summed E-state index contributed by atoms with van der Waals surface area (Å²) in [5.41, 5.74) is 5.49. The van der Waals surface area contributed by atoms with Crippen molar-refractivity contribution in [1.29, 1.82) is 0 Å². The molecule has 18 heteroatoms. The van der Waals surface area contributed by atoms with Gasteiger partial charge >= 0.3 is 6.36 Å². The highest BCUT2D eigenvalue weighted by Gasteiger charge is 2.34. The highest BCUT2D eigenvalue weighted by Crippen LogP contribution is 2.27. The maximum atomic E-state index is 13.9. The number of rotatable bonds is 13. The smallest absolute Gasteiger partial charge is 0.406 e. The zero-order valence-corrected chi connectivity index (χ0v) is 22.3. The Morgan fingerprint density at radius 2 is 1.90 bits per heavy atom. The van der Waals surface area contributed by atoms with Crippen molar-refractivity contribution >= 4 is 11.8 Å². The summed E-state index contributed by atoms with van der Waals surface area (Å²) in [6.07, 6.45) is -1.73. The molecule has 1 fully saturated rings. The number of nitrogens with zero attached hydrogens (tertiary/aromatic N) is 5. The van der Waals surface area contributed by atoms with E-state index in [4.69, 9.17) is 11.6 Å². The molecule has 232 valence electrons. The number of ether oxygens (including phenoxy) is 1. The van der Waals surface area contributed by atoms with Gasteiger partial charge in [-0.2, -0.15) is 0 Å². The van der Waals surface area contributed by atoms with E-state index in [1.54, 1.807) is 4.90 Å². The van der Waals surface area contributed by atoms with Gasteiger partial charge in [-0.3, -0.25) is 19.2 Å². The molecule has 0 saturated carbocycles. The number of likely N-dealkylation sites (tertiary alicyclic amines) is 1. The number of aryl methyl sites for hydroxylation is 1. The van der Waals surface area contributed by atoms with E-state index in [9.17, 15) is 35.9 Å². The van der Waals surface area contributed by atoms with Gasteiger partial charge in [-0.25, -0.2) is 19.0 Å². The molecule has 0 aliphatic carbocycles. The SMILES string of the molecule is N/C(=C\N(N)CCCCn1cc(C(=O)NCc2cc(OC(F)(F)F)ccc2F)nn1)NC(=O)CN1CCC(F)(F)CC1. The fraction of sp³-hybridized carbons (Fsp3) is 0.500. The molecular weight excluding hydrogens is 576 g/mol. The van der Waals surface area contributed by atoms with Crippen LogP contribution in [0.1, 0.15) is 41.7 Å². The van der Waals surface area contributed by atoms with E-state index in [0.717, 1.165) is 18.2 Å². The molecule has 0 unspecified atom stereocenters. The van der Waals surface area contributed by atoms with E-state index in [1.165, 1.54) is 22.1 Å². The monoisotopic (exact) mass is 607 g/mol. The number of amides is 2. The summed E-state index contributed by atoms with van der Waals surface area (Å²) in [5, 5.41) is 13.7. The largest absolute Gasteiger partial charge is 0.573 e. The Morgan fingerprint density at radius 3 is 2.60 bits per heavy atom. The molecule has 0 bridgehead atoms. The predicted octanol–water partition coefficient (Wildman–Crippen LogP) is 1.81. The van der Waals surface area contributed by atoms with Crippen LogP contribution >= 0.6 is 0 Å². The molecule has 2 aromatic rings. The van der Waals surface area contributed by atoms with Gasteiger partial charge < -0.3 is 26.1 Å². The summed E-state index contributed by atoms with van der Waals surface area (Å²) in [4.78, 5) is 26.0. The van der Waals surface area contributed by atoms with Crippen LogP contribution in [-0.4, -0.2) is 75.2 Å². The first-order chi connectivity index (χ1) is 19.7. The molecule has 3 rings (SSSR count). The molecule has 1 aromatic carbocycles. The van der Waals surface area contributed by atoms with Crippen molar-refractivity contribution in [1.82, 2.24) is 35.5 Å². The molecule has 12 nitrogen and oxygen atoms in total. The van der Waals surface area contributed by atoms with Crippen molar-refractivity contribution in [3.8, 4) is 5.75 Å². The molecule has 0 radical (unpaired) electrons. The van der Waals surface area contributed by atoms with E-state index in [1.807, 2.05) is 0 Å². The van der Waals surface area contributed by atoms with Crippen LogP contribution in [0.3, 0.4) is 0 Å². The van der Waals surface area contributed by atoms with Crippen LogP contribution in [0.25, 0.3) is 0 Å². The molecular formula is C24H31F6N9O3. The minimum Gasteiger partial charge on any atom is -0.406 e. The van der Waals surface area contributed by atoms with E-state index >= 15 is 0 Å². The van der Waals surface area contributed by atoms with Crippen LogP contribution in [0, 0.1) is 5.82 Å². The summed E-state index contributed by atoms with van der Waals surface area (Å²) in [6, 6.07) is 2.45. The van der Waals surface area contributed by atoms with Crippen LogP contribution in [0.4, 0.5) is 26.3 Å². The van der Waals surface area contributed by atoms with Gasteiger partial charge in [0, 0.05) is 51.1 Å². The zero-order valence-electron chi connectivity index (χ0n) is 22.3. The topological polar surface area (TPSA) is 157 Å². The number of halogens is 6. The summed E-state index contributed by atoms with van der Waals surface area (Å²) in [6.45, 7) is 0.474. The molecule has 1 aliphatic rings. The number of carbonyl (C=O) groups is 2. The number of piperidine rings is 1. The Morgan fingerprint density at radius 1 is 1.19 bits per heavy atom. The second-order valence-corrected chi connectivity index (χ2v) is 9.56. The second-order valence-electron chi connectivity index (χ2n) is 9.56. The molecule has 2 heterocycles. The third kappa shape index (κ3) is 11.1. The number of carbonyl (C=O) groups excluding carboxylic acids is 2. The first-order valence-corrected chi connectivity index (χ1v) is 12.8. The van der Waals surface area contributed by atoms with E-state index in [-0.39, 0.29) is 49.6 Å². The minimum atomic E-state index is -4.94. The summed E-state index contributed by atoms with van der Waals surface area (Å²) < 4.78 is 82.7. The molecule has 2 amide bonds. The summed E-state index contributed by atoms with van der Waals surface area (Å²) in [7, 11) is 0. The number of nitrogens with one attached hydrogen (secondary N) is 2. The van der Waals surface area contributed by atoms with Gasteiger partial charge in [0.1, 0.15) is 17.4 Å². The number of nitrogens with two attached hydrogens (primary N) is 2. The van der Waals surface area contributed by atoms with E-state index in [0.29, 0.717) is 25.9 Å². The number of hydrogen-bond acceptors (Lipinski definition) is 9. The van der Waals surface area contributed by atoms with Gasteiger partial charge in [0.25, 0.3) is 11.8 Å². The van der Waals surface area contributed by atoms with E-state index in [2.05, 4.69) is 25.7 Å². The van der Waals surface area contributed by atoms with Gasteiger partial charge in [-0.05, 0) is 31.0 Å². The molecule has 1 aromatic heterocycles. The number of benzene rings is 1. The number of alkyl halides is 5. The van der Waals surface area contributed by atoms with Crippen molar-refractivity contribution in [3.63, 3.8) is 0 Å². The average Bonchev–Trinajstić information content (AvgIpc) is 3.36. The lowest BCUT2D eigenvalue weighted by atomic mass is 10.1. The summed E-state index contributed by atoms with van der Waals surface area (Å²) >= 11 is 0. The van der Waals surface area contributed by atoms with Gasteiger partial charge in [-0.1, -0.05) is 5.21 Å². The van der Waals surface area contributed by atoms with Gasteiger partial charge in [-0.15, -0.1) is 18.3 Å². The Bertz CT molecular complexity index is 1240. The number of unbranched alkanes of at least 4 members (excludes halogenated alkanes) is 1. The normalized spacial score (nSPS) is 15.7. The maximum Gasteiger partial charge on any atom is 0.573 e. The van der Waals surface area contributed by atoms with Gasteiger partial charge in [0.15, 0.2) is 5.69 Å². The Hall–Kier alpha value is -4.06. The number of aromatic nitrogens is 3. The first kappa shape index (κ1) is 32.5. The Kier molecular flexibility index (Phi) is 11.0. The highest BCUT2D eigenvalue weighted by atomic mass is 19.4. The fourth-order valence-electron chi connectivity index (χ4n) is 3.95. The van der Waals surface area contributed by atoms with Crippen molar-refractivity contribution in [2.45, 2.75) is 51.1 Å². The molecule has 1 saturated heterocycles. The van der Waals surface area contributed by atoms with Gasteiger partial charge in [0.2, 0.25) is 5.91 Å². The number of hydrogen-bond donors (Lipinski definition) is 4. The molecule has 42 heavy (non-hydrogen) atoms. The lowest BCUT2D eigenvalue weighted by Crippen LogP contribution is -2.45. The van der Waals surface area contributed by atoms with Crippen LogP contribution < -0.4 is 26.9 Å². The lowest BCUT2D eigenvalue weighted by Gasteiger charge is -2.31. The minimum absolute atomic E-state index is 0.00347. The predicted molar refractivity (Wildman–Crippen MR) is 135 cm³/mol.